The summed E-state index contributed by atoms with van der Waals surface area (Å²) in [4.78, 5) is 13.6. The zero-order valence-electron chi connectivity index (χ0n) is 9.95. The monoisotopic (exact) mass is 214 g/mol. The number of carbonyl (C=O) groups is 1. The van der Waals surface area contributed by atoms with Crippen molar-refractivity contribution >= 4 is 6.09 Å². The summed E-state index contributed by atoms with van der Waals surface area (Å²) in [5.74, 6) is 0. The SMILES string of the molecule is CCOC(=O)N1CC(CC)NCC1CC. The standard InChI is InChI=1S/C11H22N2O2/c1-4-9-8-13(11(14)15-6-3)10(5-2)7-12-9/h9-10,12H,4-8H2,1-3H3. The van der Waals surface area contributed by atoms with E-state index in [4.69, 9.17) is 4.74 Å². The minimum atomic E-state index is -0.163. The average Bonchev–Trinajstić information content (AvgIpc) is 2.28. The molecular weight excluding hydrogens is 192 g/mol. The van der Waals surface area contributed by atoms with Crippen molar-refractivity contribution in [1.82, 2.24) is 10.2 Å². The highest BCUT2D eigenvalue weighted by atomic mass is 16.6. The molecule has 1 saturated heterocycles. The first kappa shape index (κ1) is 12.3. The van der Waals surface area contributed by atoms with Crippen molar-refractivity contribution in [2.24, 2.45) is 0 Å². The first-order valence-corrected chi connectivity index (χ1v) is 5.89. The fourth-order valence-electron chi connectivity index (χ4n) is 1.93. The molecule has 1 fully saturated rings. The van der Waals surface area contributed by atoms with Crippen molar-refractivity contribution in [3.05, 3.63) is 0 Å². The molecule has 1 amide bonds. The van der Waals surface area contributed by atoms with E-state index >= 15 is 0 Å². The number of rotatable bonds is 3. The summed E-state index contributed by atoms with van der Waals surface area (Å²) < 4.78 is 5.07. The predicted molar refractivity (Wildman–Crippen MR) is 59.9 cm³/mol. The summed E-state index contributed by atoms with van der Waals surface area (Å²) in [6, 6.07) is 0.698. The van der Waals surface area contributed by atoms with Crippen LogP contribution in [0.4, 0.5) is 4.79 Å². The molecule has 2 atom stereocenters. The molecule has 88 valence electrons. The fraction of sp³-hybridized carbons (Fsp3) is 0.909. The topological polar surface area (TPSA) is 41.6 Å². The maximum Gasteiger partial charge on any atom is 0.410 e. The van der Waals surface area contributed by atoms with Gasteiger partial charge in [0.05, 0.1) is 6.61 Å². The van der Waals surface area contributed by atoms with Crippen molar-refractivity contribution < 1.29 is 9.53 Å². The Hall–Kier alpha value is -0.770. The van der Waals surface area contributed by atoms with Crippen LogP contribution in [-0.2, 0) is 4.74 Å². The van der Waals surface area contributed by atoms with Gasteiger partial charge in [-0.3, -0.25) is 0 Å². The van der Waals surface area contributed by atoms with Crippen LogP contribution < -0.4 is 5.32 Å². The number of piperazine rings is 1. The summed E-state index contributed by atoms with van der Waals surface area (Å²) in [6.45, 7) is 8.19. The Kier molecular flexibility index (Phi) is 4.88. The van der Waals surface area contributed by atoms with E-state index in [0.717, 1.165) is 25.9 Å². The minimum absolute atomic E-state index is 0.163. The molecule has 15 heavy (non-hydrogen) atoms. The maximum absolute atomic E-state index is 11.7. The Morgan fingerprint density at radius 3 is 2.67 bits per heavy atom. The van der Waals surface area contributed by atoms with Crippen molar-refractivity contribution in [2.75, 3.05) is 19.7 Å². The van der Waals surface area contributed by atoms with Crippen LogP contribution in [0.25, 0.3) is 0 Å². The van der Waals surface area contributed by atoms with Gasteiger partial charge in [0.15, 0.2) is 0 Å². The molecule has 0 spiro atoms. The molecule has 0 aromatic carbocycles. The van der Waals surface area contributed by atoms with Gasteiger partial charge in [0.1, 0.15) is 0 Å². The molecule has 4 nitrogen and oxygen atoms in total. The van der Waals surface area contributed by atoms with Crippen molar-refractivity contribution in [1.29, 1.82) is 0 Å². The summed E-state index contributed by atoms with van der Waals surface area (Å²) in [6.07, 6.45) is 1.86. The van der Waals surface area contributed by atoms with Crippen LogP contribution in [0.2, 0.25) is 0 Å². The Balaban J connectivity index is 2.58. The molecule has 1 aliphatic rings. The van der Waals surface area contributed by atoms with Gasteiger partial charge in [-0.1, -0.05) is 13.8 Å². The van der Waals surface area contributed by atoms with Gasteiger partial charge in [-0.2, -0.15) is 0 Å². The van der Waals surface area contributed by atoms with Gasteiger partial charge in [-0.15, -0.1) is 0 Å². The van der Waals surface area contributed by atoms with Crippen LogP contribution in [0.15, 0.2) is 0 Å². The molecule has 1 heterocycles. The van der Waals surface area contributed by atoms with Gasteiger partial charge in [0.2, 0.25) is 0 Å². The van der Waals surface area contributed by atoms with E-state index in [9.17, 15) is 4.79 Å². The Morgan fingerprint density at radius 2 is 2.13 bits per heavy atom. The Morgan fingerprint density at radius 1 is 1.40 bits per heavy atom. The second-order valence-electron chi connectivity index (χ2n) is 3.93. The van der Waals surface area contributed by atoms with Gasteiger partial charge in [-0.25, -0.2) is 4.79 Å². The molecule has 1 N–H and O–H groups in total. The van der Waals surface area contributed by atoms with Gasteiger partial charge >= 0.3 is 6.09 Å². The Bertz CT molecular complexity index is 209. The smallest absolute Gasteiger partial charge is 0.410 e. The highest BCUT2D eigenvalue weighted by Crippen LogP contribution is 2.13. The van der Waals surface area contributed by atoms with Crippen molar-refractivity contribution in [3.63, 3.8) is 0 Å². The second kappa shape index (κ2) is 5.95. The normalized spacial score (nSPS) is 26.5. The lowest BCUT2D eigenvalue weighted by atomic mass is 10.1. The van der Waals surface area contributed by atoms with Crippen LogP contribution in [0.5, 0.6) is 0 Å². The molecule has 2 unspecified atom stereocenters. The number of nitrogens with one attached hydrogen (secondary N) is 1. The number of hydrogen-bond donors (Lipinski definition) is 1. The molecular formula is C11H22N2O2. The highest BCUT2D eigenvalue weighted by molar-refractivity contribution is 5.68. The quantitative estimate of drug-likeness (QED) is 0.776. The average molecular weight is 214 g/mol. The molecule has 0 saturated carbocycles. The maximum atomic E-state index is 11.7. The summed E-state index contributed by atoms with van der Waals surface area (Å²) in [7, 11) is 0. The third-order valence-electron chi connectivity index (χ3n) is 2.97. The largest absolute Gasteiger partial charge is 0.450 e. The third kappa shape index (κ3) is 3.09. The lowest BCUT2D eigenvalue weighted by Crippen LogP contribution is -2.58. The number of nitrogens with zero attached hydrogens (tertiary/aromatic N) is 1. The van der Waals surface area contributed by atoms with Crippen LogP contribution >= 0.6 is 0 Å². The van der Waals surface area contributed by atoms with Crippen LogP contribution in [0.1, 0.15) is 33.6 Å². The van der Waals surface area contributed by atoms with E-state index in [-0.39, 0.29) is 12.1 Å². The first-order valence-electron chi connectivity index (χ1n) is 5.89. The van der Waals surface area contributed by atoms with Crippen molar-refractivity contribution in [2.45, 2.75) is 45.7 Å². The third-order valence-corrected chi connectivity index (χ3v) is 2.97. The molecule has 0 aromatic rings. The van der Waals surface area contributed by atoms with E-state index < -0.39 is 0 Å². The van der Waals surface area contributed by atoms with E-state index in [1.807, 2.05) is 11.8 Å². The van der Waals surface area contributed by atoms with Crippen LogP contribution in [-0.4, -0.2) is 42.8 Å². The minimum Gasteiger partial charge on any atom is -0.450 e. The molecule has 0 aliphatic carbocycles. The first-order chi connectivity index (χ1) is 7.22. The van der Waals surface area contributed by atoms with E-state index in [1.165, 1.54) is 0 Å². The van der Waals surface area contributed by atoms with Crippen molar-refractivity contribution in [3.8, 4) is 0 Å². The van der Waals surface area contributed by atoms with E-state index in [0.29, 0.717) is 12.6 Å². The van der Waals surface area contributed by atoms with Gasteiger partial charge in [0.25, 0.3) is 0 Å². The lowest BCUT2D eigenvalue weighted by molar-refractivity contribution is 0.0696. The number of carbonyl (C=O) groups excluding carboxylic acids is 1. The van der Waals surface area contributed by atoms with Crippen LogP contribution in [0.3, 0.4) is 0 Å². The van der Waals surface area contributed by atoms with Gasteiger partial charge in [0, 0.05) is 25.2 Å². The number of ether oxygens (including phenoxy) is 1. The predicted octanol–water partition coefficient (Wildman–Crippen LogP) is 1.61. The lowest BCUT2D eigenvalue weighted by Gasteiger charge is -2.39. The van der Waals surface area contributed by atoms with E-state index in [1.54, 1.807) is 0 Å². The highest BCUT2D eigenvalue weighted by Gasteiger charge is 2.30. The molecule has 1 rings (SSSR count). The zero-order chi connectivity index (χ0) is 11.3. The number of hydrogen-bond acceptors (Lipinski definition) is 3. The van der Waals surface area contributed by atoms with E-state index in [2.05, 4.69) is 19.2 Å². The molecule has 0 radical (unpaired) electrons. The second-order valence-corrected chi connectivity index (χ2v) is 3.93. The zero-order valence-corrected chi connectivity index (χ0v) is 9.95. The fourth-order valence-corrected chi connectivity index (χ4v) is 1.93. The Labute approximate surface area is 92.0 Å². The summed E-state index contributed by atoms with van der Waals surface area (Å²) in [5.41, 5.74) is 0. The van der Waals surface area contributed by atoms with Gasteiger partial charge in [-0.05, 0) is 19.8 Å². The summed E-state index contributed by atoms with van der Waals surface area (Å²) in [5, 5.41) is 3.45. The molecule has 4 heteroatoms. The van der Waals surface area contributed by atoms with Gasteiger partial charge < -0.3 is 15.0 Å². The number of amides is 1. The molecule has 1 aliphatic heterocycles. The molecule has 0 bridgehead atoms. The summed E-state index contributed by atoms with van der Waals surface area (Å²) >= 11 is 0. The molecule has 0 aromatic heterocycles. The van der Waals surface area contributed by atoms with Crippen LogP contribution in [0, 0.1) is 0 Å².